The molecule has 102 valence electrons. The zero-order valence-electron chi connectivity index (χ0n) is 11.2. The fourth-order valence-corrected chi connectivity index (χ4v) is 2.30. The fraction of sp³-hybridized carbons (Fsp3) is 0.231. The molecule has 0 saturated heterocycles. The molecular formula is C13H14N6S. The Hall–Kier alpha value is -2.15. The van der Waals surface area contributed by atoms with Crippen molar-refractivity contribution in [3.05, 3.63) is 30.3 Å². The van der Waals surface area contributed by atoms with Gasteiger partial charge in [-0.3, -0.25) is 0 Å². The number of para-hydroxylation sites is 1. The van der Waals surface area contributed by atoms with Gasteiger partial charge in [-0.1, -0.05) is 29.1 Å². The summed E-state index contributed by atoms with van der Waals surface area (Å²) in [6.07, 6.45) is 1.95. The van der Waals surface area contributed by atoms with Crippen molar-refractivity contribution in [1.82, 2.24) is 25.0 Å². The van der Waals surface area contributed by atoms with Crippen LogP contribution in [0.25, 0.3) is 16.9 Å². The molecule has 0 amide bonds. The maximum Gasteiger partial charge on any atom is 0.191 e. The van der Waals surface area contributed by atoms with E-state index in [1.54, 1.807) is 4.68 Å². The Balaban J connectivity index is 2.15. The van der Waals surface area contributed by atoms with Gasteiger partial charge in [-0.25, -0.2) is 9.97 Å². The van der Waals surface area contributed by atoms with Crippen molar-refractivity contribution in [1.29, 1.82) is 0 Å². The van der Waals surface area contributed by atoms with Gasteiger partial charge in [-0.05, 0) is 25.3 Å². The number of nitrogens with zero attached hydrogens (tertiary/aromatic N) is 5. The molecule has 2 aromatic heterocycles. The van der Waals surface area contributed by atoms with Gasteiger partial charge in [-0.2, -0.15) is 4.68 Å². The molecular weight excluding hydrogens is 272 g/mol. The van der Waals surface area contributed by atoms with Gasteiger partial charge < -0.3 is 5.32 Å². The molecule has 20 heavy (non-hydrogen) atoms. The maximum absolute atomic E-state index is 4.50. The van der Waals surface area contributed by atoms with E-state index in [4.69, 9.17) is 0 Å². The van der Waals surface area contributed by atoms with Crippen LogP contribution in [-0.4, -0.2) is 37.8 Å². The summed E-state index contributed by atoms with van der Waals surface area (Å²) in [5.41, 5.74) is 1.78. The SMILES string of the molecule is CCNc1cc(-n2nnc3ccccc32)nc(SC)n1. The van der Waals surface area contributed by atoms with Crippen molar-refractivity contribution in [2.45, 2.75) is 12.1 Å². The minimum absolute atomic E-state index is 0.707. The van der Waals surface area contributed by atoms with Gasteiger partial charge in [0, 0.05) is 12.6 Å². The van der Waals surface area contributed by atoms with Crippen LogP contribution in [0.2, 0.25) is 0 Å². The predicted molar refractivity (Wildman–Crippen MR) is 80.4 cm³/mol. The summed E-state index contributed by atoms with van der Waals surface area (Å²) in [4.78, 5) is 8.91. The number of hydrogen-bond acceptors (Lipinski definition) is 6. The first-order valence-electron chi connectivity index (χ1n) is 6.29. The van der Waals surface area contributed by atoms with Crippen molar-refractivity contribution >= 4 is 28.6 Å². The first kappa shape index (κ1) is 12.9. The zero-order chi connectivity index (χ0) is 13.9. The van der Waals surface area contributed by atoms with Crippen molar-refractivity contribution in [3.63, 3.8) is 0 Å². The van der Waals surface area contributed by atoms with Crippen LogP contribution in [0.3, 0.4) is 0 Å². The lowest BCUT2D eigenvalue weighted by Crippen LogP contribution is -2.06. The van der Waals surface area contributed by atoms with Gasteiger partial charge in [0.05, 0.1) is 5.52 Å². The summed E-state index contributed by atoms with van der Waals surface area (Å²) in [5.74, 6) is 1.51. The highest BCUT2D eigenvalue weighted by Crippen LogP contribution is 2.19. The molecule has 1 N–H and O–H groups in total. The average Bonchev–Trinajstić information content (AvgIpc) is 2.91. The monoisotopic (exact) mass is 286 g/mol. The standard InChI is InChI=1S/C13H14N6S/c1-3-14-11-8-12(16-13(15-11)20-2)19-10-7-5-4-6-9(10)17-18-19/h4-8H,3H2,1-2H3,(H,14,15,16). The fourth-order valence-electron chi connectivity index (χ4n) is 1.92. The molecule has 3 aromatic rings. The van der Waals surface area contributed by atoms with Crippen molar-refractivity contribution in [3.8, 4) is 5.82 Å². The molecule has 0 aliphatic rings. The Morgan fingerprint density at radius 3 is 2.90 bits per heavy atom. The van der Waals surface area contributed by atoms with E-state index < -0.39 is 0 Å². The van der Waals surface area contributed by atoms with Crippen LogP contribution >= 0.6 is 11.8 Å². The second-order valence-corrected chi connectivity index (χ2v) is 4.89. The van der Waals surface area contributed by atoms with E-state index in [2.05, 4.69) is 25.6 Å². The molecule has 0 bridgehead atoms. The molecule has 0 atom stereocenters. The topological polar surface area (TPSA) is 68.5 Å². The molecule has 0 fully saturated rings. The summed E-state index contributed by atoms with van der Waals surface area (Å²) < 4.78 is 1.73. The summed E-state index contributed by atoms with van der Waals surface area (Å²) in [5, 5.41) is 12.2. The summed E-state index contributed by atoms with van der Waals surface area (Å²) in [6, 6.07) is 9.69. The molecule has 3 rings (SSSR count). The lowest BCUT2D eigenvalue weighted by Gasteiger charge is -2.07. The lowest BCUT2D eigenvalue weighted by molar-refractivity contribution is 0.777. The number of thioether (sulfide) groups is 1. The van der Waals surface area contributed by atoms with Crippen molar-refractivity contribution < 1.29 is 0 Å². The molecule has 0 aliphatic carbocycles. The van der Waals surface area contributed by atoms with E-state index in [0.717, 1.165) is 23.4 Å². The van der Waals surface area contributed by atoms with Crippen LogP contribution in [0.1, 0.15) is 6.92 Å². The van der Waals surface area contributed by atoms with Crippen molar-refractivity contribution in [2.24, 2.45) is 0 Å². The molecule has 1 aromatic carbocycles. The van der Waals surface area contributed by atoms with Crippen LogP contribution < -0.4 is 5.32 Å². The number of anilines is 1. The smallest absolute Gasteiger partial charge is 0.191 e. The van der Waals surface area contributed by atoms with Crippen LogP contribution in [0.15, 0.2) is 35.5 Å². The molecule has 0 spiro atoms. The minimum Gasteiger partial charge on any atom is -0.370 e. The Morgan fingerprint density at radius 1 is 1.25 bits per heavy atom. The second kappa shape index (κ2) is 5.46. The van der Waals surface area contributed by atoms with Gasteiger partial charge in [0.2, 0.25) is 0 Å². The van der Waals surface area contributed by atoms with Crippen LogP contribution in [0, 0.1) is 0 Å². The van der Waals surface area contributed by atoms with Crippen LogP contribution in [0.5, 0.6) is 0 Å². The first-order valence-corrected chi connectivity index (χ1v) is 7.52. The average molecular weight is 286 g/mol. The number of aromatic nitrogens is 5. The summed E-state index contributed by atoms with van der Waals surface area (Å²) >= 11 is 1.50. The van der Waals surface area contributed by atoms with E-state index >= 15 is 0 Å². The third kappa shape index (κ3) is 2.32. The zero-order valence-corrected chi connectivity index (χ0v) is 12.1. The number of rotatable bonds is 4. The Labute approximate surface area is 120 Å². The third-order valence-electron chi connectivity index (χ3n) is 2.80. The van der Waals surface area contributed by atoms with E-state index in [-0.39, 0.29) is 0 Å². The highest BCUT2D eigenvalue weighted by Gasteiger charge is 2.10. The summed E-state index contributed by atoms with van der Waals surface area (Å²) in [7, 11) is 0. The lowest BCUT2D eigenvalue weighted by atomic mass is 10.3. The maximum atomic E-state index is 4.50. The Kier molecular flexibility index (Phi) is 3.51. The van der Waals surface area contributed by atoms with Gasteiger partial charge in [-0.15, -0.1) is 5.10 Å². The van der Waals surface area contributed by atoms with E-state index in [1.165, 1.54) is 11.8 Å². The largest absolute Gasteiger partial charge is 0.370 e. The van der Waals surface area contributed by atoms with E-state index in [1.807, 2.05) is 43.5 Å². The second-order valence-electron chi connectivity index (χ2n) is 4.12. The number of nitrogens with one attached hydrogen (secondary N) is 1. The van der Waals surface area contributed by atoms with Gasteiger partial charge in [0.25, 0.3) is 0 Å². The van der Waals surface area contributed by atoms with Gasteiger partial charge in [0.1, 0.15) is 11.3 Å². The van der Waals surface area contributed by atoms with Crippen molar-refractivity contribution in [2.75, 3.05) is 18.1 Å². The highest BCUT2D eigenvalue weighted by molar-refractivity contribution is 7.98. The van der Waals surface area contributed by atoms with Crippen LogP contribution in [-0.2, 0) is 0 Å². The van der Waals surface area contributed by atoms with Crippen LogP contribution in [0.4, 0.5) is 5.82 Å². The molecule has 2 heterocycles. The summed E-state index contributed by atoms with van der Waals surface area (Å²) in [6.45, 7) is 2.84. The Morgan fingerprint density at radius 2 is 2.10 bits per heavy atom. The molecule has 7 heteroatoms. The molecule has 6 nitrogen and oxygen atoms in total. The van der Waals surface area contributed by atoms with Gasteiger partial charge >= 0.3 is 0 Å². The molecule has 0 radical (unpaired) electrons. The van der Waals surface area contributed by atoms with E-state index in [0.29, 0.717) is 11.0 Å². The molecule has 0 saturated carbocycles. The van der Waals surface area contributed by atoms with Gasteiger partial charge in [0.15, 0.2) is 11.0 Å². The highest BCUT2D eigenvalue weighted by atomic mass is 32.2. The normalized spacial score (nSPS) is 10.9. The molecule has 0 unspecified atom stereocenters. The quantitative estimate of drug-likeness (QED) is 0.586. The minimum atomic E-state index is 0.707. The Bertz CT molecular complexity index is 739. The number of benzene rings is 1. The number of fused-ring (bicyclic) bond motifs is 1. The number of hydrogen-bond donors (Lipinski definition) is 1. The first-order chi connectivity index (χ1) is 9.81. The predicted octanol–water partition coefficient (Wildman–Crippen LogP) is 2.36. The van der Waals surface area contributed by atoms with E-state index in [9.17, 15) is 0 Å². The third-order valence-corrected chi connectivity index (χ3v) is 3.35. The molecule has 0 aliphatic heterocycles.